The Balaban J connectivity index is 2.25. The highest BCUT2D eigenvalue weighted by Crippen LogP contribution is 2.26. The lowest BCUT2D eigenvalue weighted by Gasteiger charge is -2.12. The molecule has 7 heteroatoms. The monoisotopic (exact) mass is 319 g/mol. The van der Waals surface area contributed by atoms with Gasteiger partial charge in [-0.2, -0.15) is 5.10 Å². The number of ether oxygens (including phenoxy) is 1. The third-order valence-corrected chi connectivity index (χ3v) is 4.28. The lowest BCUT2D eigenvalue weighted by Crippen LogP contribution is -2.31. The highest BCUT2D eigenvalue weighted by Gasteiger charge is 2.18. The molecule has 3 aromatic heterocycles. The molecule has 0 aliphatic heterocycles. The number of carbonyl (C=O) groups is 1. The van der Waals surface area contributed by atoms with Crippen LogP contribution >= 0.6 is 11.3 Å². The van der Waals surface area contributed by atoms with Crippen LogP contribution in [0.1, 0.15) is 32.5 Å². The van der Waals surface area contributed by atoms with Crippen LogP contribution in [-0.4, -0.2) is 26.8 Å². The molecule has 0 aliphatic carbocycles. The van der Waals surface area contributed by atoms with E-state index in [-0.39, 0.29) is 24.6 Å². The van der Waals surface area contributed by atoms with Crippen molar-refractivity contribution >= 4 is 33.0 Å². The van der Waals surface area contributed by atoms with E-state index in [9.17, 15) is 9.59 Å². The molecule has 0 bridgehead atoms. The Bertz CT molecular complexity index is 904. The van der Waals surface area contributed by atoms with Gasteiger partial charge in [0.15, 0.2) is 0 Å². The van der Waals surface area contributed by atoms with Crippen LogP contribution < -0.4 is 5.56 Å². The number of thiophene rings is 1. The highest BCUT2D eigenvalue weighted by molar-refractivity contribution is 7.17. The molecule has 0 saturated heterocycles. The van der Waals surface area contributed by atoms with E-state index in [0.717, 1.165) is 16.0 Å². The first-order chi connectivity index (χ1) is 10.5. The van der Waals surface area contributed by atoms with Gasteiger partial charge in [0.1, 0.15) is 17.9 Å². The van der Waals surface area contributed by atoms with Gasteiger partial charge in [-0.15, -0.1) is 11.3 Å². The van der Waals surface area contributed by atoms with E-state index in [1.165, 1.54) is 4.68 Å². The number of aromatic nitrogens is 3. The topological polar surface area (TPSA) is 65.6 Å². The molecule has 0 amide bonds. The molecule has 0 N–H and O–H groups in total. The summed E-state index contributed by atoms with van der Waals surface area (Å²) in [5.41, 5.74) is 1.25. The van der Waals surface area contributed by atoms with Gasteiger partial charge in [0.25, 0.3) is 5.56 Å². The first-order valence-corrected chi connectivity index (χ1v) is 8.06. The number of fused-ring (bicyclic) bond motifs is 3. The molecule has 0 fully saturated rings. The average molecular weight is 319 g/mol. The molecule has 0 radical (unpaired) electrons. The molecule has 3 heterocycles. The van der Waals surface area contributed by atoms with E-state index in [4.69, 9.17) is 4.74 Å². The molecule has 0 atom stereocenters. The van der Waals surface area contributed by atoms with Crippen LogP contribution in [0.5, 0.6) is 0 Å². The Morgan fingerprint density at radius 1 is 1.41 bits per heavy atom. The standard InChI is InChI=1S/C15H17N3O3S/c1-4-21-13(19)8-17-15(20)11-7-12-10(5-6-22-12)18(11)14(16-17)9(2)3/h5-7,9H,4,8H2,1-3H3. The number of rotatable bonds is 4. The van der Waals surface area contributed by atoms with Crippen molar-refractivity contribution in [3.05, 3.63) is 33.7 Å². The summed E-state index contributed by atoms with van der Waals surface area (Å²) in [5.74, 6) is 0.420. The van der Waals surface area contributed by atoms with Gasteiger partial charge in [-0.1, -0.05) is 13.8 Å². The molecule has 0 unspecified atom stereocenters. The molecule has 6 nitrogen and oxygen atoms in total. The number of hydrogen-bond acceptors (Lipinski definition) is 5. The quantitative estimate of drug-likeness (QED) is 0.693. The predicted molar refractivity (Wildman–Crippen MR) is 85.6 cm³/mol. The van der Waals surface area contributed by atoms with E-state index in [1.54, 1.807) is 18.3 Å². The second kappa shape index (κ2) is 5.57. The van der Waals surface area contributed by atoms with Crippen molar-refractivity contribution in [3.8, 4) is 0 Å². The Morgan fingerprint density at radius 2 is 2.18 bits per heavy atom. The zero-order valence-electron chi connectivity index (χ0n) is 12.7. The third kappa shape index (κ3) is 2.31. The van der Waals surface area contributed by atoms with Crippen molar-refractivity contribution in [2.75, 3.05) is 6.61 Å². The number of carbonyl (C=O) groups excluding carboxylic acids is 1. The fourth-order valence-electron chi connectivity index (χ4n) is 2.49. The van der Waals surface area contributed by atoms with Crippen molar-refractivity contribution in [2.45, 2.75) is 33.2 Å². The molecule has 0 saturated carbocycles. The average Bonchev–Trinajstić information content (AvgIpc) is 3.03. The lowest BCUT2D eigenvalue weighted by molar-refractivity contribution is -0.144. The Kier molecular flexibility index (Phi) is 3.74. The summed E-state index contributed by atoms with van der Waals surface area (Å²) >= 11 is 1.58. The maximum absolute atomic E-state index is 12.6. The molecule has 3 rings (SSSR count). The van der Waals surface area contributed by atoms with Crippen LogP contribution in [0.25, 0.3) is 15.7 Å². The summed E-state index contributed by atoms with van der Waals surface area (Å²) in [6.07, 6.45) is 0. The van der Waals surface area contributed by atoms with E-state index in [0.29, 0.717) is 5.52 Å². The van der Waals surface area contributed by atoms with Gasteiger partial charge in [0.05, 0.1) is 16.8 Å². The SMILES string of the molecule is CCOC(=O)Cn1nc(C(C)C)n2c(cc3sccc32)c1=O. The molecule has 0 spiro atoms. The summed E-state index contributed by atoms with van der Waals surface area (Å²) in [6, 6.07) is 3.84. The molecular weight excluding hydrogens is 302 g/mol. The zero-order chi connectivity index (χ0) is 15.9. The first-order valence-electron chi connectivity index (χ1n) is 7.18. The summed E-state index contributed by atoms with van der Waals surface area (Å²) in [4.78, 5) is 24.3. The molecular formula is C15H17N3O3S. The van der Waals surface area contributed by atoms with Crippen molar-refractivity contribution < 1.29 is 9.53 Å². The van der Waals surface area contributed by atoms with Gasteiger partial charge < -0.3 is 4.74 Å². The van der Waals surface area contributed by atoms with Gasteiger partial charge in [-0.25, -0.2) is 4.68 Å². The molecule has 3 aromatic rings. The fraction of sp³-hybridized carbons (Fsp3) is 0.400. The van der Waals surface area contributed by atoms with Crippen LogP contribution in [0.15, 0.2) is 22.3 Å². The molecule has 116 valence electrons. The second-order valence-electron chi connectivity index (χ2n) is 5.32. The van der Waals surface area contributed by atoms with E-state index in [2.05, 4.69) is 5.10 Å². The minimum absolute atomic E-state index is 0.118. The lowest BCUT2D eigenvalue weighted by atomic mass is 10.2. The van der Waals surface area contributed by atoms with Crippen molar-refractivity contribution in [3.63, 3.8) is 0 Å². The summed E-state index contributed by atoms with van der Waals surface area (Å²) in [5, 5.41) is 6.39. The molecule has 0 aliphatic rings. The van der Waals surface area contributed by atoms with Crippen LogP contribution in [0.4, 0.5) is 0 Å². The smallest absolute Gasteiger partial charge is 0.327 e. The van der Waals surface area contributed by atoms with Crippen LogP contribution in [0.3, 0.4) is 0 Å². The second-order valence-corrected chi connectivity index (χ2v) is 6.26. The van der Waals surface area contributed by atoms with E-state index < -0.39 is 5.97 Å². The van der Waals surface area contributed by atoms with E-state index in [1.807, 2.05) is 35.8 Å². The Labute approximate surface area is 130 Å². The minimum atomic E-state index is -0.454. The van der Waals surface area contributed by atoms with Gasteiger partial charge in [-0.3, -0.25) is 14.0 Å². The fourth-order valence-corrected chi connectivity index (χ4v) is 3.29. The molecule has 0 aromatic carbocycles. The summed E-state index contributed by atoms with van der Waals surface area (Å²) < 4.78 is 9.04. The van der Waals surface area contributed by atoms with Gasteiger partial charge >= 0.3 is 5.97 Å². The number of nitrogens with zero attached hydrogens (tertiary/aromatic N) is 3. The van der Waals surface area contributed by atoms with Crippen LogP contribution in [-0.2, 0) is 16.1 Å². The Hall–Kier alpha value is -2.15. The highest BCUT2D eigenvalue weighted by atomic mass is 32.1. The largest absolute Gasteiger partial charge is 0.465 e. The van der Waals surface area contributed by atoms with Gasteiger partial charge in [-0.05, 0) is 24.4 Å². The number of hydrogen-bond donors (Lipinski definition) is 0. The maximum Gasteiger partial charge on any atom is 0.327 e. The first kappa shape index (κ1) is 14.8. The van der Waals surface area contributed by atoms with Crippen molar-refractivity contribution in [1.82, 2.24) is 14.2 Å². The minimum Gasteiger partial charge on any atom is -0.465 e. The normalized spacial score (nSPS) is 11.6. The molecule has 22 heavy (non-hydrogen) atoms. The maximum atomic E-state index is 12.6. The van der Waals surface area contributed by atoms with Gasteiger partial charge in [0.2, 0.25) is 0 Å². The van der Waals surface area contributed by atoms with Crippen molar-refractivity contribution in [2.24, 2.45) is 0 Å². The van der Waals surface area contributed by atoms with Crippen LogP contribution in [0.2, 0.25) is 0 Å². The predicted octanol–water partition coefficient (Wildman–Crippen LogP) is 2.40. The zero-order valence-corrected chi connectivity index (χ0v) is 13.5. The third-order valence-electron chi connectivity index (χ3n) is 3.43. The van der Waals surface area contributed by atoms with Crippen LogP contribution in [0, 0.1) is 0 Å². The summed E-state index contributed by atoms with van der Waals surface area (Å²) in [7, 11) is 0. The van der Waals surface area contributed by atoms with E-state index >= 15 is 0 Å². The number of esters is 1. The van der Waals surface area contributed by atoms with Crippen molar-refractivity contribution in [1.29, 1.82) is 0 Å². The Morgan fingerprint density at radius 3 is 2.86 bits per heavy atom. The summed E-state index contributed by atoms with van der Waals surface area (Å²) in [6.45, 7) is 5.88. The van der Waals surface area contributed by atoms with Gasteiger partial charge in [0, 0.05) is 5.92 Å².